The fourth-order valence-electron chi connectivity index (χ4n) is 2.42. The molecule has 0 spiro atoms. The molecular weight excluding hydrogens is 232 g/mol. The van der Waals surface area contributed by atoms with Crippen LogP contribution in [0, 0.1) is 5.92 Å². The van der Waals surface area contributed by atoms with Gasteiger partial charge in [-0.05, 0) is 12.8 Å². The summed E-state index contributed by atoms with van der Waals surface area (Å²) >= 11 is 0. The molecule has 7 N–H and O–H groups in total. The Bertz CT molecular complexity index is 399. The van der Waals surface area contributed by atoms with E-state index in [1.54, 1.807) is 6.07 Å². The summed E-state index contributed by atoms with van der Waals surface area (Å²) in [6.07, 6.45) is 4.40. The lowest BCUT2D eigenvalue weighted by Gasteiger charge is -2.31. The zero-order chi connectivity index (χ0) is 13.0. The van der Waals surface area contributed by atoms with Gasteiger partial charge in [0.1, 0.15) is 11.6 Å². The van der Waals surface area contributed by atoms with Crippen molar-refractivity contribution in [3.8, 4) is 0 Å². The fraction of sp³-hybridized carbons (Fsp3) is 0.636. The summed E-state index contributed by atoms with van der Waals surface area (Å²) in [6.45, 7) is 0.195. The lowest BCUT2D eigenvalue weighted by atomic mass is 9.85. The maximum atomic E-state index is 9.37. The Hall–Kier alpha value is -1.60. The molecule has 1 aromatic rings. The molecule has 100 valence electrons. The molecule has 7 heteroatoms. The van der Waals surface area contributed by atoms with Gasteiger partial charge in [-0.15, -0.1) is 0 Å². The first-order valence-electron chi connectivity index (χ1n) is 6.21. The standard InChI is InChI=1S/C11H20N6O/c12-11-15-9(5-10(16-11)17-13)14-8-4-2-1-3-7(8)6-18/h5,7-8,18H,1-4,6,13H2,(H4,12,14,15,16,17). The van der Waals surface area contributed by atoms with E-state index in [1.807, 2.05) is 0 Å². The number of anilines is 3. The second-order valence-corrected chi connectivity index (χ2v) is 4.62. The first-order chi connectivity index (χ1) is 8.72. The molecule has 2 atom stereocenters. The maximum absolute atomic E-state index is 9.37. The van der Waals surface area contributed by atoms with Gasteiger partial charge in [-0.25, -0.2) is 5.84 Å². The van der Waals surface area contributed by atoms with E-state index in [0.29, 0.717) is 11.6 Å². The first kappa shape index (κ1) is 12.8. The van der Waals surface area contributed by atoms with Crippen molar-refractivity contribution in [3.05, 3.63) is 6.07 Å². The van der Waals surface area contributed by atoms with Crippen LogP contribution in [0.25, 0.3) is 0 Å². The van der Waals surface area contributed by atoms with Crippen LogP contribution in [0.2, 0.25) is 0 Å². The van der Waals surface area contributed by atoms with Crippen molar-refractivity contribution >= 4 is 17.6 Å². The predicted octanol–water partition coefficient (Wildman–Crippen LogP) is 0.307. The van der Waals surface area contributed by atoms with Crippen molar-refractivity contribution in [3.63, 3.8) is 0 Å². The predicted molar refractivity (Wildman–Crippen MR) is 70.7 cm³/mol. The van der Waals surface area contributed by atoms with Gasteiger partial charge in [0.2, 0.25) is 5.95 Å². The molecule has 0 aliphatic heterocycles. The summed E-state index contributed by atoms with van der Waals surface area (Å²) in [6, 6.07) is 1.93. The molecule has 18 heavy (non-hydrogen) atoms. The zero-order valence-corrected chi connectivity index (χ0v) is 10.3. The molecule has 1 fully saturated rings. The number of nitrogens with one attached hydrogen (secondary N) is 2. The second kappa shape index (κ2) is 5.83. The van der Waals surface area contributed by atoms with E-state index in [0.717, 1.165) is 19.3 Å². The van der Waals surface area contributed by atoms with E-state index in [9.17, 15) is 5.11 Å². The monoisotopic (exact) mass is 252 g/mol. The highest BCUT2D eigenvalue weighted by molar-refractivity contribution is 5.50. The number of nitrogens with two attached hydrogens (primary N) is 2. The summed E-state index contributed by atoms with van der Waals surface area (Å²) < 4.78 is 0. The molecule has 1 aliphatic carbocycles. The van der Waals surface area contributed by atoms with Gasteiger partial charge in [-0.1, -0.05) is 12.8 Å². The van der Waals surface area contributed by atoms with Gasteiger partial charge in [0.05, 0.1) is 0 Å². The lowest BCUT2D eigenvalue weighted by molar-refractivity contribution is 0.178. The highest BCUT2D eigenvalue weighted by Gasteiger charge is 2.24. The largest absolute Gasteiger partial charge is 0.396 e. The molecule has 0 aromatic carbocycles. The van der Waals surface area contributed by atoms with Gasteiger partial charge >= 0.3 is 0 Å². The molecule has 1 saturated carbocycles. The van der Waals surface area contributed by atoms with Gasteiger partial charge < -0.3 is 21.6 Å². The molecule has 0 bridgehead atoms. The number of aliphatic hydroxyl groups is 1. The summed E-state index contributed by atoms with van der Waals surface area (Å²) in [5.41, 5.74) is 8.05. The van der Waals surface area contributed by atoms with Gasteiger partial charge in [-0.2, -0.15) is 9.97 Å². The summed E-state index contributed by atoms with van der Waals surface area (Å²) in [4.78, 5) is 8.05. The normalized spacial score (nSPS) is 23.7. The average Bonchev–Trinajstić information content (AvgIpc) is 2.38. The van der Waals surface area contributed by atoms with E-state index >= 15 is 0 Å². The van der Waals surface area contributed by atoms with Crippen LogP contribution < -0.4 is 22.3 Å². The number of aliphatic hydroxyl groups excluding tert-OH is 1. The number of rotatable bonds is 4. The number of nitrogen functional groups attached to an aromatic ring is 2. The van der Waals surface area contributed by atoms with Crippen LogP contribution in [0.1, 0.15) is 25.7 Å². The van der Waals surface area contributed by atoms with Crippen LogP contribution >= 0.6 is 0 Å². The van der Waals surface area contributed by atoms with Crippen molar-refractivity contribution in [2.75, 3.05) is 23.1 Å². The number of hydrogen-bond donors (Lipinski definition) is 5. The summed E-state index contributed by atoms with van der Waals surface area (Å²) in [5.74, 6) is 6.86. The van der Waals surface area contributed by atoms with Crippen LogP contribution in [0.5, 0.6) is 0 Å². The smallest absolute Gasteiger partial charge is 0.223 e. The first-order valence-corrected chi connectivity index (χ1v) is 6.21. The van der Waals surface area contributed by atoms with Gasteiger partial charge in [0, 0.05) is 24.6 Å². The SMILES string of the molecule is NNc1cc(NC2CCCCC2CO)nc(N)n1. The van der Waals surface area contributed by atoms with Gasteiger partial charge in [0.15, 0.2) is 0 Å². The molecular formula is C11H20N6O. The third-order valence-corrected chi connectivity index (χ3v) is 3.37. The van der Waals surface area contributed by atoms with E-state index in [2.05, 4.69) is 20.7 Å². The maximum Gasteiger partial charge on any atom is 0.223 e. The molecule has 1 aliphatic rings. The molecule has 1 aromatic heterocycles. The Morgan fingerprint density at radius 2 is 2.00 bits per heavy atom. The van der Waals surface area contributed by atoms with Crippen LogP contribution in [0.15, 0.2) is 6.07 Å². The topological polar surface area (TPSA) is 122 Å². The average molecular weight is 252 g/mol. The number of hydrazine groups is 1. The molecule has 1 heterocycles. The van der Waals surface area contributed by atoms with E-state index in [4.69, 9.17) is 11.6 Å². The van der Waals surface area contributed by atoms with Crippen molar-refractivity contribution in [2.24, 2.45) is 11.8 Å². The van der Waals surface area contributed by atoms with Crippen molar-refractivity contribution in [1.82, 2.24) is 9.97 Å². The van der Waals surface area contributed by atoms with E-state index in [-0.39, 0.29) is 24.5 Å². The van der Waals surface area contributed by atoms with Crippen molar-refractivity contribution < 1.29 is 5.11 Å². The zero-order valence-electron chi connectivity index (χ0n) is 10.3. The van der Waals surface area contributed by atoms with Gasteiger partial charge in [0.25, 0.3) is 0 Å². The Morgan fingerprint density at radius 1 is 1.28 bits per heavy atom. The molecule has 0 radical (unpaired) electrons. The van der Waals surface area contributed by atoms with Crippen molar-refractivity contribution in [1.29, 1.82) is 0 Å². The van der Waals surface area contributed by atoms with Crippen LogP contribution in [0.4, 0.5) is 17.6 Å². The molecule has 2 rings (SSSR count). The van der Waals surface area contributed by atoms with Crippen molar-refractivity contribution in [2.45, 2.75) is 31.7 Å². The number of hydrogen-bond acceptors (Lipinski definition) is 7. The molecule has 0 amide bonds. The minimum Gasteiger partial charge on any atom is -0.396 e. The Kier molecular flexibility index (Phi) is 4.16. The highest BCUT2D eigenvalue weighted by atomic mass is 16.3. The van der Waals surface area contributed by atoms with Crippen LogP contribution in [0.3, 0.4) is 0 Å². The Morgan fingerprint density at radius 3 is 2.72 bits per heavy atom. The van der Waals surface area contributed by atoms with E-state index in [1.165, 1.54) is 6.42 Å². The number of aromatic nitrogens is 2. The summed E-state index contributed by atoms with van der Waals surface area (Å²) in [7, 11) is 0. The second-order valence-electron chi connectivity index (χ2n) is 4.62. The molecule has 7 nitrogen and oxygen atoms in total. The third kappa shape index (κ3) is 2.99. The Balaban J connectivity index is 2.09. The third-order valence-electron chi connectivity index (χ3n) is 3.37. The minimum atomic E-state index is 0.171. The van der Waals surface area contributed by atoms with Crippen LogP contribution in [-0.4, -0.2) is 27.7 Å². The highest BCUT2D eigenvalue weighted by Crippen LogP contribution is 2.27. The molecule has 2 unspecified atom stereocenters. The minimum absolute atomic E-state index is 0.171. The molecule has 0 saturated heterocycles. The lowest BCUT2D eigenvalue weighted by Crippen LogP contribution is -2.34. The summed E-state index contributed by atoms with van der Waals surface area (Å²) in [5, 5.41) is 12.7. The fourth-order valence-corrected chi connectivity index (χ4v) is 2.42. The Labute approximate surface area is 106 Å². The quantitative estimate of drug-likeness (QED) is 0.386. The van der Waals surface area contributed by atoms with E-state index < -0.39 is 0 Å². The van der Waals surface area contributed by atoms with Crippen LogP contribution in [-0.2, 0) is 0 Å². The number of nitrogens with zero attached hydrogens (tertiary/aromatic N) is 2. The van der Waals surface area contributed by atoms with Gasteiger partial charge in [-0.3, -0.25) is 0 Å².